The van der Waals surface area contributed by atoms with Crippen LogP contribution in [-0.2, 0) is 12.4 Å². The molecule has 15 heavy (non-hydrogen) atoms. The van der Waals surface area contributed by atoms with Gasteiger partial charge >= 0.3 is 0 Å². The van der Waals surface area contributed by atoms with Crippen LogP contribution in [0.5, 0.6) is 0 Å². The zero-order valence-electron chi connectivity index (χ0n) is 8.41. The van der Waals surface area contributed by atoms with Crippen LogP contribution in [0.3, 0.4) is 0 Å². The molecule has 2 aromatic heterocycles. The summed E-state index contributed by atoms with van der Waals surface area (Å²) in [5.74, 6) is 0.995. The molecule has 0 N–H and O–H groups in total. The number of hydrogen-bond acceptors (Lipinski definition) is 2. The SMILES string of the molecule is Cc1nn(C)c(-n2cc(Br)cn2)c1CBr. The third-order valence-electron chi connectivity index (χ3n) is 2.21. The zero-order chi connectivity index (χ0) is 11.0. The van der Waals surface area contributed by atoms with Crippen molar-refractivity contribution in [3.63, 3.8) is 0 Å². The summed E-state index contributed by atoms with van der Waals surface area (Å²) in [6.07, 6.45) is 3.68. The summed E-state index contributed by atoms with van der Waals surface area (Å²) in [5, 5.41) is 9.41. The van der Waals surface area contributed by atoms with Crippen LogP contribution < -0.4 is 0 Å². The first-order chi connectivity index (χ1) is 7.13. The van der Waals surface area contributed by atoms with Gasteiger partial charge in [0.1, 0.15) is 0 Å². The van der Waals surface area contributed by atoms with Crippen molar-refractivity contribution in [2.24, 2.45) is 7.05 Å². The molecule has 0 amide bonds. The van der Waals surface area contributed by atoms with E-state index in [9.17, 15) is 0 Å². The van der Waals surface area contributed by atoms with Crippen molar-refractivity contribution in [3.8, 4) is 5.82 Å². The topological polar surface area (TPSA) is 35.6 Å². The maximum Gasteiger partial charge on any atom is 0.156 e. The number of aryl methyl sites for hydroxylation is 2. The van der Waals surface area contributed by atoms with Gasteiger partial charge in [-0.05, 0) is 22.9 Å². The van der Waals surface area contributed by atoms with Crippen LogP contribution in [0.15, 0.2) is 16.9 Å². The molecule has 0 aliphatic rings. The van der Waals surface area contributed by atoms with Crippen molar-refractivity contribution < 1.29 is 0 Å². The molecule has 0 bridgehead atoms. The summed E-state index contributed by atoms with van der Waals surface area (Å²) in [6, 6.07) is 0. The Morgan fingerprint density at radius 1 is 1.47 bits per heavy atom. The Kier molecular flexibility index (Phi) is 2.97. The fourth-order valence-corrected chi connectivity index (χ4v) is 2.49. The lowest BCUT2D eigenvalue weighted by Crippen LogP contribution is -2.04. The zero-order valence-corrected chi connectivity index (χ0v) is 11.6. The van der Waals surface area contributed by atoms with E-state index in [4.69, 9.17) is 0 Å². The molecule has 0 spiro atoms. The predicted octanol–water partition coefficient (Wildman–Crippen LogP) is 2.57. The van der Waals surface area contributed by atoms with Gasteiger partial charge in [0.25, 0.3) is 0 Å². The van der Waals surface area contributed by atoms with Crippen LogP contribution >= 0.6 is 31.9 Å². The van der Waals surface area contributed by atoms with Crippen molar-refractivity contribution >= 4 is 31.9 Å². The minimum Gasteiger partial charge on any atom is -0.250 e. The van der Waals surface area contributed by atoms with Crippen molar-refractivity contribution in [1.82, 2.24) is 19.6 Å². The average molecular weight is 334 g/mol. The Morgan fingerprint density at radius 3 is 2.73 bits per heavy atom. The molecule has 2 rings (SSSR count). The quantitative estimate of drug-likeness (QED) is 0.792. The summed E-state index contributed by atoms with van der Waals surface area (Å²) in [6.45, 7) is 2.00. The van der Waals surface area contributed by atoms with Gasteiger partial charge in [-0.3, -0.25) is 4.68 Å². The predicted molar refractivity (Wildman–Crippen MR) is 65.4 cm³/mol. The monoisotopic (exact) mass is 332 g/mol. The number of aromatic nitrogens is 4. The lowest BCUT2D eigenvalue weighted by molar-refractivity contribution is 0.692. The first kappa shape index (κ1) is 10.9. The van der Waals surface area contributed by atoms with Gasteiger partial charge < -0.3 is 0 Å². The smallest absolute Gasteiger partial charge is 0.156 e. The van der Waals surface area contributed by atoms with E-state index in [0.717, 1.165) is 26.9 Å². The second-order valence-electron chi connectivity index (χ2n) is 3.25. The molecule has 4 nitrogen and oxygen atoms in total. The first-order valence-corrected chi connectivity index (χ1v) is 6.34. The number of nitrogens with zero attached hydrogens (tertiary/aromatic N) is 4. The lowest BCUT2D eigenvalue weighted by atomic mass is 10.3. The minimum absolute atomic E-state index is 0.777. The molecule has 0 unspecified atom stereocenters. The molecule has 2 aromatic rings. The van der Waals surface area contributed by atoms with Gasteiger partial charge in [-0.15, -0.1) is 0 Å². The second kappa shape index (κ2) is 4.09. The van der Waals surface area contributed by atoms with Gasteiger partial charge in [0, 0.05) is 24.1 Å². The largest absolute Gasteiger partial charge is 0.250 e. The highest BCUT2D eigenvalue weighted by Crippen LogP contribution is 2.21. The second-order valence-corrected chi connectivity index (χ2v) is 4.72. The summed E-state index contributed by atoms with van der Waals surface area (Å²) in [5.41, 5.74) is 2.18. The van der Waals surface area contributed by atoms with E-state index in [-0.39, 0.29) is 0 Å². The Bertz CT molecular complexity index is 486. The van der Waals surface area contributed by atoms with E-state index in [1.807, 2.05) is 29.5 Å². The van der Waals surface area contributed by atoms with Crippen molar-refractivity contribution in [2.75, 3.05) is 0 Å². The first-order valence-electron chi connectivity index (χ1n) is 4.42. The van der Waals surface area contributed by atoms with E-state index >= 15 is 0 Å². The third-order valence-corrected chi connectivity index (χ3v) is 3.19. The van der Waals surface area contributed by atoms with E-state index in [1.54, 1.807) is 6.20 Å². The van der Waals surface area contributed by atoms with Gasteiger partial charge in [-0.2, -0.15) is 10.2 Å². The maximum atomic E-state index is 4.38. The maximum absolute atomic E-state index is 4.38. The molecule has 0 saturated carbocycles. The lowest BCUT2D eigenvalue weighted by Gasteiger charge is -2.03. The third kappa shape index (κ3) is 1.88. The minimum atomic E-state index is 0.777. The highest BCUT2D eigenvalue weighted by atomic mass is 79.9. The molecule has 0 saturated heterocycles. The van der Waals surface area contributed by atoms with Gasteiger partial charge in [0.15, 0.2) is 5.82 Å². The molecule has 0 atom stereocenters. The number of hydrogen-bond donors (Lipinski definition) is 0. The van der Waals surface area contributed by atoms with E-state index in [0.29, 0.717) is 0 Å². The molecule has 0 aromatic carbocycles. The van der Waals surface area contributed by atoms with Gasteiger partial charge in [-0.25, -0.2) is 4.68 Å². The van der Waals surface area contributed by atoms with E-state index in [1.165, 1.54) is 0 Å². The van der Waals surface area contributed by atoms with Crippen LogP contribution in [0.4, 0.5) is 0 Å². The van der Waals surface area contributed by atoms with Gasteiger partial charge in [-0.1, -0.05) is 15.9 Å². The molecular weight excluding hydrogens is 324 g/mol. The molecule has 6 heteroatoms. The van der Waals surface area contributed by atoms with E-state index < -0.39 is 0 Å². The Balaban J connectivity index is 2.61. The summed E-state index contributed by atoms with van der Waals surface area (Å²) >= 11 is 6.85. The summed E-state index contributed by atoms with van der Waals surface area (Å²) < 4.78 is 4.62. The fourth-order valence-electron chi connectivity index (χ4n) is 1.55. The summed E-state index contributed by atoms with van der Waals surface area (Å²) in [7, 11) is 1.92. The highest BCUT2D eigenvalue weighted by molar-refractivity contribution is 9.10. The Hall–Kier alpha value is -0.620. The van der Waals surface area contributed by atoms with Gasteiger partial charge in [0.05, 0.1) is 16.4 Å². The Labute approximate surface area is 105 Å². The fraction of sp³-hybridized carbons (Fsp3) is 0.333. The molecule has 80 valence electrons. The van der Waals surface area contributed by atoms with Crippen LogP contribution in [0, 0.1) is 6.92 Å². The highest BCUT2D eigenvalue weighted by Gasteiger charge is 2.14. The van der Waals surface area contributed by atoms with Crippen molar-refractivity contribution in [2.45, 2.75) is 12.3 Å². The Morgan fingerprint density at radius 2 is 2.20 bits per heavy atom. The van der Waals surface area contributed by atoms with Crippen molar-refractivity contribution in [3.05, 3.63) is 28.1 Å². The normalized spacial score (nSPS) is 10.9. The van der Waals surface area contributed by atoms with Gasteiger partial charge in [0.2, 0.25) is 0 Å². The van der Waals surface area contributed by atoms with Crippen LogP contribution in [0.1, 0.15) is 11.3 Å². The number of halogens is 2. The number of alkyl halides is 1. The summed E-state index contributed by atoms with van der Waals surface area (Å²) in [4.78, 5) is 0. The van der Waals surface area contributed by atoms with Crippen molar-refractivity contribution in [1.29, 1.82) is 0 Å². The van der Waals surface area contributed by atoms with Crippen LogP contribution in [0.2, 0.25) is 0 Å². The molecule has 0 fully saturated rings. The average Bonchev–Trinajstić information content (AvgIpc) is 2.70. The van der Waals surface area contributed by atoms with E-state index in [2.05, 4.69) is 42.1 Å². The molecule has 0 aliphatic carbocycles. The standard InChI is InChI=1S/C9H10Br2N4/c1-6-8(3-10)9(14(2)13-6)15-5-7(11)4-12-15/h4-5H,3H2,1-2H3. The molecule has 0 aliphatic heterocycles. The van der Waals surface area contributed by atoms with Crippen LogP contribution in [0.25, 0.3) is 5.82 Å². The molecule has 0 radical (unpaired) electrons. The van der Waals surface area contributed by atoms with Crippen LogP contribution in [-0.4, -0.2) is 19.6 Å². The molecule has 2 heterocycles. The number of rotatable bonds is 2. The molecular formula is C9H10Br2N4.